The number of ketones is 2. The van der Waals surface area contributed by atoms with Gasteiger partial charge in [0.2, 0.25) is 5.78 Å². The maximum Gasteiger partial charge on any atom is 0.255 e. The van der Waals surface area contributed by atoms with Crippen molar-refractivity contribution in [2.45, 2.75) is 30.6 Å². The van der Waals surface area contributed by atoms with Crippen LogP contribution in [0.25, 0.3) is 5.76 Å². The van der Waals surface area contributed by atoms with Gasteiger partial charge in [-0.3, -0.25) is 19.3 Å². The normalized spacial score (nSPS) is 34.4. The largest absolute Gasteiger partial charge is 0.508 e. The zero-order valence-electron chi connectivity index (χ0n) is 17.7. The molecule has 1 amide bonds. The lowest BCUT2D eigenvalue weighted by atomic mass is 9.54. The van der Waals surface area contributed by atoms with E-state index in [1.54, 1.807) is 0 Å². The molecule has 0 heterocycles. The van der Waals surface area contributed by atoms with Crippen LogP contribution < -0.4 is 5.73 Å². The highest BCUT2D eigenvalue weighted by Crippen LogP contribution is 2.57. The summed E-state index contributed by atoms with van der Waals surface area (Å²) in [7, 11) is 3.01. The van der Waals surface area contributed by atoms with E-state index in [-0.39, 0.29) is 17.5 Å². The summed E-state index contributed by atoms with van der Waals surface area (Å²) in [5.74, 6) is -7.90. The van der Waals surface area contributed by atoms with E-state index in [0.29, 0.717) is 0 Å². The SMILES string of the molecule is CN(C)[C@@H]1C(=O)C(C(N)=O)=C(O)[C@]2(O)C(=O)C3=C(O)c4c(O)cccc4[C@](C)(O)C3CC12. The highest BCUT2D eigenvalue weighted by atomic mass is 16.3. The number of phenolic OH excluding ortho intramolecular Hbond substituents is 1. The van der Waals surface area contributed by atoms with E-state index in [9.17, 15) is 39.9 Å². The molecule has 32 heavy (non-hydrogen) atoms. The lowest BCUT2D eigenvalue weighted by Gasteiger charge is -2.53. The first kappa shape index (κ1) is 22.0. The van der Waals surface area contributed by atoms with Crippen molar-refractivity contribution in [1.29, 1.82) is 0 Å². The van der Waals surface area contributed by atoms with Gasteiger partial charge in [0.15, 0.2) is 11.4 Å². The number of carbonyl (C=O) groups excluding carboxylic acids is 3. The van der Waals surface area contributed by atoms with Gasteiger partial charge in [-0.25, -0.2) is 0 Å². The van der Waals surface area contributed by atoms with E-state index < -0.39 is 75.0 Å². The summed E-state index contributed by atoms with van der Waals surface area (Å²) in [5.41, 5.74) is -0.548. The summed E-state index contributed by atoms with van der Waals surface area (Å²) in [5, 5.41) is 54.9. The number of nitrogens with two attached hydrogens (primary N) is 1. The number of likely N-dealkylation sites (N-methyl/N-ethyl adjacent to an activating group) is 1. The number of primary amides is 1. The molecule has 1 aromatic carbocycles. The van der Waals surface area contributed by atoms with Gasteiger partial charge < -0.3 is 31.3 Å². The van der Waals surface area contributed by atoms with Gasteiger partial charge in [0.25, 0.3) is 5.91 Å². The van der Waals surface area contributed by atoms with Crippen molar-refractivity contribution in [1.82, 2.24) is 4.90 Å². The molecule has 1 fully saturated rings. The molecule has 3 aliphatic carbocycles. The van der Waals surface area contributed by atoms with E-state index in [2.05, 4.69) is 0 Å². The molecule has 0 saturated heterocycles. The van der Waals surface area contributed by atoms with Crippen LogP contribution in [0, 0.1) is 11.8 Å². The standard InChI is InChI=1S/C22H24N2O8/c1-21(31)8-5-4-6-11(25)12(8)16(26)13-9(21)7-10-15(24(2)3)17(27)14(20(23)30)19(29)22(10,32)18(13)28/h4-6,9-10,15,25-26,29,31-32H,7H2,1-3H3,(H2,23,30)/t9?,10?,15-,21-,22+/m0/s1. The Bertz CT molecular complexity index is 1150. The molecule has 2 unspecified atom stereocenters. The molecule has 4 rings (SSSR count). The fourth-order valence-electron chi connectivity index (χ4n) is 5.50. The number of nitrogens with zero attached hydrogens (tertiary/aromatic N) is 1. The summed E-state index contributed by atoms with van der Waals surface area (Å²) in [6, 6.07) is 3.02. The molecule has 3 aliphatic rings. The zero-order valence-corrected chi connectivity index (χ0v) is 17.7. The fraction of sp³-hybridized carbons (Fsp3) is 0.409. The topological polar surface area (TPSA) is 182 Å². The third-order valence-corrected chi connectivity index (χ3v) is 7.02. The summed E-state index contributed by atoms with van der Waals surface area (Å²) in [6.07, 6.45) is -0.200. The number of amides is 1. The van der Waals surface area contributed by atoms with Gasteiger partial charge in [-0.15, -0.1) is 0 Å². The van der Waals surface area contributed by atoms with E-state index in [0.717, 1.165) is 0 Å². The average molecular weight is 444 g/mol. The van der Waals surface area contributed by atoms with Crippen LogP contribution in [-0.4, -0.2) is 73.6 Å². The summed E-state index contributed by atoms with van der Waals surface area (Å²) in [4.78, 5) is 40.0. The Labute approximate surface area is 182 Å². The molecule has 1 saturated carbocycles. The predicted octanol–water partition coefficient (Wildman–Crippen LogP) is -0.371. The maximum absolute atomic E-state index is 13.7. The van der Waals surface area contributed by atoms with Crippen LogP contribution in [0.15, 0.2) is 35.1 Å². The Morgan fingerprint density at radius 1 is 1.16 bits per heavy atom. The number of fused-ring (bicyclic) bond motifs is 3. The average Bonchev–Trinajstić information content (AvgIpc) is 2.68. The quantitative estimate of drug-likeness (QED) is 0.332. The van der Waals surface area contributed by atoms with Crippen LogP contribution in [0.2, 0.25) is 0 Å². The van der Waals surface area contributed by atoms with Gasteiger partial charge in [0.05, 0.1) is 17.2 Å². The Kier molecular flexibility index (Phi) is 4.57. The highest BCUT2D eigenvalue weighted by Gasteiger charge is 2.66. The van der Waals surface area contributed by atoms with Gasteiger partial charge in [-0.05, 0) is 39.1 Å². The minimum atomic E-state index is -2.75. The van der Waals surface area contributed by atoms with E-state index >= 15 is 0 Å². The molecule has 10 nitrogen and oxygen atoms in total. The fourth-order valence-corrected chi connectivity index (χ4v) is 5.50. The third kappa shape index (κ3) is 2.48. The number of hydrogen-bond donors (Lipinski definition) is 6. The first-order valence-corrected chi connectivity index (χ1v) is 9.97. The second-order valence-electron chi connectivity index (χ2n) is 8.96. The second-order valence-corrected chi connectivity index (χ2v) is 8.96. The predicted molar refractivity (Wildman–Crippen MR) is 110 cm³/mol. The van der Waals surface area contributed by atoms with Crippen molar-refractivity contribution in [3.63, 3.8) is 0 Å². The minimum absolute atomic E-state index is 0.170. The summed E-state index contributed by atoms with van der Waals surface area (Å²) >= 11 is 0. The zero-order chi connectivity index (χ0) is 23.9. The van der Waals surface area contributed by atoms with Crippen molar-refractivity contribution in [3.05, 3.63) is 46.2 Å². The summed E-state index contributed by atoms with van der Waals surface area (Å²) < 4.78 is 0. The first-order valence-electron chi connectivity index (χ1n) is 9.97. The van der Waals surface area contributed by atoms with Gasteiger partial charge in [0.1, 0.15) is 22.8 Å². The number of aliphatic hydroxyl groups excluding tert-OH is 2. The molecule has 0 bridgehead atoms. The summed E-state index contributed by atoms with van der Waals surface area (Å²) in [6.45, 7) is 1.40. The Morgan fingerprint density at radius 2 is 1.78 bits per heavy atom. The number of benzene rings is 1. The highest BCUT2D eigenvalue weighted by molar-refractivity contribution is 6.24. The van der Waals surface area contributed by atoms with Gasteiger partial charge >= 0.3 is 0 Å². The van der Waals surface area contributed by atoms with E-state index in [1.165, 1.54) is 44.1 Å². The Hall–Kier alpha value is -3.21. The van der Waals surface area contributed by atoms with Gasteiger partial charge in [-0.1, -0.05) is 12.1 Å². The van der Waals surface area contributed by atoms with Crippen LogP contribution in [-0.2, 0) is 20.0 Å². The molecule has 0 radical (unpaired) electrons. The lowest BCUT2D eigenvalue weighted by Crippen LogP contribution is -2.67. The minimum Gasteiger partial charge on any atom is -0.508 e. The van der Waals surface area contributed by atoms with Gasteiger partial charge in [0, 0.05) is 17.4 Å². The molecule has 7 N–H and O–H groups in total. The molecule has 1 aromatic rings. The van der Waals surface area contributed by atoms with Crippen molar-refractivity contribution >= 4 is 23.2 Å². The number of Topliss-reactive ketones (excluding diaryl/α,β-unsaturated/α-hetero) is 2. The number of aromatic hydroxyl groups is 1. The molecule has 10 heteroatoms. The van der Waals surface area contributed by atoms with Gasteiger partial charge in [-0.2, -0.15) is 0 Å². The van der Waals surface area contributed by atoms with Crippen LogP contribution in [0.4, 0.5) is 0 Å². The molecule has 0 aromatic heterocycles. The molecular formula is C22H24N2O8. The molecule has 5 atom stereocenters. The number of phenols is 1. The van der Waals surface area contributed by atoms with Crippen LogP contribution >= 0.6 is 0 Å². The first-order chi connectivity index (χ1) is 14.8. The van der Waals surface area contributed by atoms with Crippen molar-refractivity contribution in [3.8, 4) is 5.75 Å². The van der Waals surface area contributed by atoms with Crippen LogP contribution in [0.3, 0.4) is 0 Å². The van der Waals surface area contributed by atoms with E-state index in [1.807, 2.05) is 0 Å². The monoisotopic (exact) mass is 444 g/mol. The second kappa shape index (κ2) is 6.64. The number of aliphatic hydroxyl groups is 4. The Balaban J connectivity index is 2.05. The number of carbonyl (C=O) groups is 3. The number of hydrogen-bond acceptors (Lipinski definition) is 9. The van der Waals surface area contributed by atoms with E-state index in [4.69, 9.17) is 5.73 Å². The molecule has 170 valence electrons. The Morgan fingerprint density at radius 3 is 2.34 bits per heavy atom. The lowest BCUT2D eigenvalue weighted by molar-refractivity contribution is -0.159. The van der Waals surface area contributed by atoms with Crippen molar-refractivity contribution in [2.75, 3.05) is 14.1 Å². The van der Waals surface area contributed by atoms with Crippen molar-refractivity contribution < 1.29 is 39.9 Å². The molecule has 0 spiro atoms. The number of rotatable bonds is 2. The van der Waals surface area contributed by atoms with Crippen molar-refractivity contribution in [2.24, 2.45) is 17.6 Å². The molecule has 0 aliphatic heterocycles. The van der Waals surface area contributed by atoms with Crippen LogP contribution in [0.1, 0.15) is 24.5 Å². The molecular weight excluding hydrogens is 420 g/mol. The smallest absolute Gasteiger partial charge is 0.255 e. The van der Waals surface area contributed by atoms with Crippen LogP contribution in [0.5, 0.6) is 5.75 Å². The maximum atomic E-state index is 13.7. The third-order valence-electron chi connectivity index (χ3n) is 7.02.